The van der Waals surface area contributed by atoms with E-state index in [-0.39, 0.29) is 16.9 Å². The Hall–Kier alpha value is -2.53. The quantitative estimate of drug-likeness (QED) is 0.805. The first-order valence-corrected chi connectivity index (χ1v) is 6.71. The summed E-state index contributed by atoms with van der Waals surface area (Å²) >= 11 is 5.63. The molecule has 2 heterocycles. The lowest BCUT2D eigenvalue weighted by atomic mass is 10.2. The first-order chi connectivity index (χ1) is 10.2. The summed E-state index contributed by atoms with van der Waals surface area (Å²) in [5.74, 6) is -0.0874. The molecule has 0 saturated carbocycles. The molecule has 6 heteroatoms. The lowest BCUT2D eigenvalue weighted by Crippen LogP contribution is -2.22. The summed E-state index contributed by atoms with van der Waals surface area (Å²) in [6.45, 7) is 0.418. The third kappa shape index (κ3) is 3.14. The number of furan rings is 1. The number of halogens is 1. The fourth-order valence-corrected chi connectivity index (χ4v) is 2.05. The average molecular weight is 302 g/mol. The summed E-state index contributed by atoms with van der Waals surface area (Å²) in [5.41, 5.74) is 2.00. The van der Waals surface area contributed by atoms with Crippen LogP contribution in [0, 0.1) is 0 Å². The Morgan fingerprint density at radius 3 is 2.67 bits per heavy atom. The fourth-order valence-electron chi connectivity index (χ4n) is 1.90. The smallest absolute Gasteiger partial charge is 0.287 e. The Labute approximate surface area is 126 Å². The van der Waals surface area contributed by atoms with E-state index in [2.05, 4.69) is 10.3 Å². The monoisotopic (exact) mass is 301 g/mol. The van der Waals surface area contributed by atoms with E-state index in [9.17, 15) is 4.79 Å². The van der Waals surface area contributed by atoms with Gasteiger partial charge < -0.3 is 14.3 Å². The molecule has 2 aromatic heterocycles. The largest absolute Gasteiger partial charge is 0.440 e. The van der Waals surface area contributed by atoms with E-state index >= 15 is 0 Å². The van der Waals surface area contributed by atoms with Crippen LogP contribution in [0.4, 0.5) is 0 Å². The molecule has 0 atom stereocenters. The van der Waals surface area contributed by atoms with Crippen LogP contribution in [0.3, 0.4) is 0 Å². The van der Waals surface area contributed by atoms with E-state index in [4.69, 9.17) is 16.0 Å². The first kappa shape index (κ1) is 13.5. The highest BCUT2D eigenvalue weighted by Gasteiger charge is 2.09. The van der Waals surface area contributed by atoms with Crippen molar-refractivity contribution in [3.05, 3.63) is 71.7 Å². The summed E-state index contributed by atoms with van der Waals surface area (Å²) in [6.07, 6.45) is 5.33. The molecule has 0 bridgehead atoms. The normalized spacial score (nSPS) is 10.5. The Bertz CT molecular complexity index is 733. The molecule has 3 rings (SSSR count). The van der Waals surface area contributed by atoms with E-state index in [1.165, 1.54) is 6.07 Å². The molecule has 1 aromatic carbocycles. The van der Waals surface area contributed by atoms with Crippen molar-refractivity contribution in [3.63, 3.8) is 0 Å². The van der Waals surface area contributed by atoms with Crippen molar-refractivity contribution in [3.8, 4) is 5.69 Å². The molecule has 0 saturated heterocycles. The SMILES string of the molecule is O=C(NCc1ccc(-n2ccnc2)cc1)c1ccc(Cl)o1. The van der Waals surface area contributed by atoms with E-state index in [1.807, 2.05) is 35.0 Å². The Morgan fingerprint density at radius 1 is 1.24 bits per heavy atom. The minimum atomic E-state index is -0.291. The molecule has 0 fully saturated rings. The number of hydrogen-bond acceptors (Lipinski definition) is 3. The molecule has 5 nitrogen and oxygen atoms in total. The third-order valence-electron chi connectivity index (χ3n) is 2.99. The number of rotatable bonds is 4. The molecular weight excluding hydrogens is 290 g/mol. The molecule has 0 aliphatic rings. The number of carbonyl (C=O) groups is 1. The third-order valence-corrected chi connectivity index (χ3v) is 3.19. The van der Waals surface area contributed by atoms with E-state index in [1.54, 1.807) is 18.6 Å². The minimum Gasteiger partial charge on any atom is -0.440 e. The van der Waals surface area contributed by atoms with Crippen molar-refractivity contribution in [2.24, 2.45) is 0 Å². The van der Waals surface area contributed by atoms with Crippen LogP contribution >= 0.6 is 11.6 Å². The standard InChI is InChI=1S/C15H12ClN3O2/c16-14-6-5-13(21-14)15(20)18-9-11-1-3-12(4-2-11)19-8-7-17-10-19/h1-8,10H,9H2,(H,18,20). The predicted molar refractivity (Wildman–Crippen MR) is 78.5 cm³/mol. The van der Waals surface area contributed by atoms with Crippen molar-refractivity contribution in [2.75, 3.05) is 0 Å². The highest BCUT2D eigenvalue weighted by molar-refractivity contribution is 6.29. The second kappa shape index (κ2) is 5.85. The van der Waals surface area contributed by atoms with Gasteiger partial charge in [-0.05, 0) is 41.4 Å². The Balaban J connectivity index is 1.62. The number of benzene rings is 1. The zero-order valence-electron chi connectivity index (χ0n) is 11.0. The van der Waals surface area contributed by atoms with Crippen LogP contribution in [-0.2, 0) is 6.54 Å². The first-order valence-electron chi connectivity index (χ1n) is 6.33. The van der Waals surface area contributed by atoms with Gasteiger partial charge in [-0.15, -0.1) is 0 Å². The molecule has 0 radical (unpaired) electrons. The number of hydrogen-bond donors (Lipinski definition) is 1. The van der Waals surface area contributed by atoms with Crippen molar-refractivity contribution >= 4 is 17.5 Å². The second-order valence-corrected chi connectivity index (χ2v) is 4.80. The number of carbonyl (C=O) groups excluding carboxylic acids is 1. The van der Waals surface area contributed by atoms with Crippen LogP contribution in [0.5, 0.6) is 0 Å². The molecule has 1 N–H and O–H groups in total. The van der Waals surface area contributed by atoms with Crippen molar-refractivity contribution < 1.29 is 9.21 Å². The predicted octanol–water partition coefficient (Wildman–Crippen LogP) is 3.05. The highest BCUT2D eigenvalue weighted by atomic mass is 35.5. The summed E-state index contributed by atoms with van der Waals surface area (Å²) < 4.78 is 6.95. The molecule has 3 aromatic rings. The van der Waals surface area contributed by atoms with E-state index in [0.717, 1.165) is 11.3 Å². The minimum absolute atomic E-state index is 0.199. The van der Waals surface area contributed by atoms with Gasteiger partial charge in [0.25, 0.3) is 5.91 Å². The van der Waals surface area contributed by atoms with E-state index in [0.29, 0.717) is 6.54 Å². The molecule has 106 valence electrons. The van der Waals surface area contributed by atoms with Crippen LogP contribution in [-0.4, -0.2) is 15.5 Å². The maximum absolute atomic E-state index is 11.8. The highest BCUT2D eigenvalue weighted by Crippen LogP contribution is 2.13. The number of nitrogens with zero attached hydrogens (tertiary/aromatic N) is 2. The second-order valence-electron chi connectivity index (χ2n) is 4.42. The molecule has 0 aliphatic carbocycles. The summed E-state index contributed by atoms with van der Waals surface area (Å²) in [7, 11) is 0. The van der Waals surface area contributed by atoms with Gasteiger partial charge in [-0.1, -0.05) is 12.1 Å². The van der Waals surface area contributed by atoms with Gasteiger partial charge in [0.2, 0.25) is 0 Å². The van der Waals surface area contributed by atoms with Gasteiger partial charge in [0.1, 0.15) is 0 Å². The zero-order valence-corrected chi connectivity index (χ0v) is 11.7. The van der Waals surface area contributed by atoms with Gasteiger partial charge in [-0.3, -0.25) is 4.79 Å². The summed E-state index contributed by atoms with van der Waals surface area (Å²) in [4.78, 5) is 15.8. The van der Waals surface area contributed by atoms with Crippen LogP contribution in [0.2, 0.25) is 5.22 Å². The number of amides is 1. The Morgan fingerprint density at radius 2 is 2.05 bits per heavy atom. The summed E-state index contributed by atoms with van der Waals surface area (Å²) in [5, 5.41) is 2.97. The summed E-state index contributed by atoms with van der Waals surface area (Å²) in [6, 6.07) is 10.9. The van der Waals surface area contributed by atoms with Crippen molar-refractivity contribution in [1.82, 2.24) is 14.9 Å². The molecule has 0 unspecified atom stereocenters. The zero-order chi connectivity index (χ0) is 14.7. The van der Waals surface area contributed by atoms with Crippen LogP contribution in [0.25, 0.3) is 5.69 Å². The molecule has 1 amide bonds. The van der Waals surface area contributed by atoms with Crippen LogP contribution in [0.1, 0.15) is 16.1 Å². The van der Waals surface area contributed by atoms with E-state index < -0.39 is 0 Å². The lowest BCUT2D eigenvalue weighted by Gasteiger charge is -2.06. The molecule has 0 spiro atoms. The van der Waals surface area contributed by atoms with Crippen molar-refractivity contribution in [1.29, 1.82) is 0 Å². The molecule has 0 aliphatic heterocycles. The van der Waals surface area contributed by atoms with Crippen LogP contribution in [0.15, 0.2) is 59.5 Å². The van der Waals surface area contributed by atoms with Crippen LogP contribution < -0.4 is 5.32 Å². The van der Waals surface area contributed by atoms with Crippen molar-refractivity contribution in [2.45, 2.75) is 6.54 Å². The number of aromatic nitrogens is 2. The number of imidazole rings is 1. The maximum Gasteiger partial charge on any atom is 0.287 e. The van der Waals surface area contributed by atoms with Gasteiger partial charge in [0.15, 0.2) is 11.0 Å². The lowest BCUT2D eigenvalue weighted by molar-refractivity contribution is 0.0923. The topological polar surface area (TPSA) is 60.1 Å². The molecular formula is C15H12ClN3O2. The van der Waals surface area contributed by atoms with Gasteiger partial charge in [-0.2, -0.15) is 0 Å². The maximum atomic E-state index is 11.8. The van der Waals surface area contributed by atoms with Gasteiger partial charge in [0, 0.05) is 24.6 Å². The van der Waals surface area contributed by atoms with Gasteiger partial charge in [-0.25, -0.2) is 4.98 Å². The number of nitrogens with one attached hydrogen (secondary N) is 1. The van der Waals surface area contributed by atoms with Gasteiger partial charge in [0.05, 0.1) is 6.33 Å². The Kier molecular flexibility index (Phi) is 3.75. The van der Waals surface area contributed by atoms with Gasteiger partial charge >= 0.3 is 0 Å². The fraction of sp³-hybridized carbons (Fsp3) is 0.0667. The molecule has 21 heavy (non-hydrogen) atoms. The average Bonchev–Trinajstić information content (AvgIpc) is 3.16.